The van der Waals surface area contributed by atoms with Crippen molar-refractivity contribution in [1.82, 2.24) is 0 Å². The summed E-state index contributed by atoms with van der Waals surface area (Å²) in [6.07, 6.45) is 6.81. The van der Waals surface area contributed by atoms with Gasteiger partial charge in [0.1, 0.15) is 0 Å². The number of Topliss-reactive ketones (excluding diaryl/α,β-unsaturated/α-hetero) is 1. The Hall–Kier alpha value is -1.02. The van der Waals surface area contributed by atoms with Gasteiger partial charge < -0.3 is 5.73 Å². The second-order valence-corrected chi connectivity index (χ2v) is 5.28. The van der Waals surface area contributed by atoms with E-state index in [4.69, 9.17) is 17.3 Å². The Kier molecular flexibility index (Phi) is 4.06. The van der Waals surface area contributed by atoms with Gasteiger partial charge in [0.15, 0.2) is 5.78 Å². The first-order valence-electron chi connectivity index (χ1n) is 6.25. The highest BCUT2D eigenvalue weighted by atomic mass is 35.5. The predicted molar refractivity (Wildman–Crippen MR) is 71.4 cm³/mol. The largest absolute Gasteiger partial charge is 0.399 e. The van der Waals surface area contributed by atoms with Crippen LogP contribution in [0.25, 0.3) is 0 Å². The lowest BCUT2D eigenvalue weighted by molar-refractivity contribution is 0.0950. The van der Waals surface area contributed by atoms with Crippen LogP contribution >= 0.6 is 11.6 Å². The zero-order chi connectivity index (χ0) is 12.3. The molecule has 1 aromatic rings. The molecule has 0 saturated heterocycles. The van der Waals surface area contributed by atoms with Crippen LogP contribution in [-0.4, -0.2) is 5.78 Å². The average molecular weight is 252 g/mol. The van der Waals surface area contributed by atoms with E-state index in [1.807, 2.05) is 0 Å². The van der Waals surface area contributed by atoms with Crippen molar-refractivity contribution in [2.24, 2.45) is 5.92 Å². The van der Waals surface area contributed by atoms with Crippen LogP contribution in [0.15, 0.2) is 18.2 Å². The molecule has 0 radical (unpaired) electrons. The lowest BCUT2D eigenvalue weighted by atomic mass is 9.85. The van der Waals surface area contributed by atoms with Crippen LogP contribution < -0.4 is 5.73 Å². The number of hydrogen-bond acceptors (Lipinski definition) is 2. The van der Waals surface area contributed by atoms with Gasteiger partial charge in [0.25, 0.3) is 0 Å². The molecule has 0 unspecified atom stereocenters. The number of rotatable bonds is 3. The molecule has 0 heterocycles. The minimum atomic E-state index is 0.155. The van der Waals surface area contributed by atoms with Gasteiger partial charge in [-0.15, -0.1) is 0 Å². The van der Waals surface area contributed by atoms with Crippen LogP contribution in [0.4, 0.5) is 5.69 Å². The van der Waals surface area contributed by atoms with E-state index in [0.29, 0.717) is 28.6 Å². The van der Waals surface area contributed by atoms with E-state index in [9.17, 15) is 4.79 Å². The molecular weight excluding hydrogens is 234 g/mol. The normalized spacial score (nSPS) is 17.0. The van der Waals surface area contributed by atoms with Crippen LogP contribution in [0.1, 0.15) is 48.9 Å². The Morgan fingerprint density at radius 2 is 2.00 bits per heavy atom. The summed E-state index contributed by atoms with van der Waals surface area (Å²) in [4.78, 5) is 12.1. The highest BCUT2D eigenvalue weighted by molar-refractivity contribution is 6.34. The quantitative estimate of drug-likeness (QED) is 0.650. The molecule has 0 atom stereocenters. The summed E-state index contributed by atoms with van der Waals surface area (Å²) < 4.78 is 0. The summed E-state index contributed by atoms with van der Waals surface area (Å²) in [5, 5.41) is 0.478. The molecule has 2 rings (SSSR count). The number of halogens is 1. The Bertz CT molecular complexity index is 411. The lowest BCUT2D eigenvalue weighted by Crippen LogP contribution is -2.12. The van der Waals surface area contributed by atoms with E-state index in [0.717, 1.165) is 0 Å². The first-order chi connectivity index (χ1) is 8.16. The predicted octanol–water partition coefficient (Wildman–Crippen LogP) is 4.08. The number of carbonyl (C=O) groups excluding carboxylic acids is 1. The highest BCUT2D eigenvalue weighted by Gasteiger charge is 2.19. The van der Waals surface area contributed by atoms with Gasteiger partial charge in [0.2, 0.25) is 0 Å². The zero-order valence-electron chi connectivity index (χ0n) is 9.92. The molecule has 0 amide bonds. The minimum absolute atomic E-state index is 0.155. The summed E-state index contributed by atoms with van der Waals surface area (Å²) in [5.41, 5.74) is 6.83. The van der Waals surface area contributed by atoms with Crippen LogP contribution in [0, 0.1) is 5.92 Å². The van der Waals surface area contributed by atoms with Gasteiger partial charge in [-0.25, -0.2) is 0 Å². The fourth-order valence-electron chi connectivity index (χ4n) is 2.52. The molecule has 2 nitrogen and oxygen atoms in total. The minimum Gasteiger partial charge on any atom is -0.399 e. The molecule has 3 heteroatoms. The van der Waals surface area contributed by atoms with Gasteiger partial charge in [-0.3, -0.25) is 4.79 Å². The molecule has 0 bridgehead atoms. The number of nitrogen functional groups attached to an aromatic ring is 1. The molecule has 1 aliphatic carbocycles. The van der Waals surface area contributed by atoms with E-state index in [1.54, 1.807) is 18.2 Å². The maximum absolute atomic E-state index is 12.1. The van der Waals surface area contributed by atoms with Crippen LogP contribution in [0.5, 0.6) is 0 Å². The summed E-state index contributed by atoms with van der Waals surface area (Å²) in [6, 6.07) is 5.12. The standard InChI is InChI=1S/C14H18ClNO/c15-13-9-11(16)6-7-12(13)14(17)8-10-4-2-1-3-5-10/h6-7,9-10H,1-5,8,16H2. The zero-order valence-corrected chi connectivity index (χ0v) is 10.7. The van der Waals surface area contributed by atoms with Gasteiger partial charge in [0, 0.05) is 17.7 Å². The fraction of sp³-hybridized carbons (Fsp3) is 0.500. The van der Waals surface area contributed by atoms with Gasteiger partial charge >= 0.3 is 0 Å². The van der Waals surface area contributed by atoms with Crippen molar-refractivity contribution in [3.63, 3.8) is 0 Å². The number of hydrogen-bond donors (Lipinski definition) is 1. The molecule has 2 N–H and O–H groups in total. The monoisotopic (exact) mass is 251 g/mol. The van der Waals surface area contributed by atoms with Crippen molar-refractivity contribution in [2.45, 2.75) is 38.5 Å². The summed E-state index contributed by atoms with van der Waals surface area (Å²) in [7, 11) is 0. The van der Waals surface area contributed by atoms with E-state index in [2.05, 4.69) is 0 Å². The van der Waals surface area contributed by atoms with Gasteiger partial charge in [-0.2, -0.15) is 0 Å². The van der Waals surface area contributed by atoms with Gasteiger partial charge in [-0.1, -0.05) is 43.7 Å². The van der Waals surface area contributed by atoms with Crippen molar-refractivity contribution in [3.05, 3.63) is 28.8 Å². The highest BCUT2D eigenvalue weighted by Crippen LogP contribution is 2.29. The summed E-state index contributed by atoms with van der Waals surface area (Å²) >= 11 is 6.04. The third-order valence-electron chi connectivity index (χ3n) is 3.49. The van der Waals surface area contributed by atoms with E-state index < -0.39 is 0 Å². The molecule has 92 valence electrons. The third-order valence-corrected chi connectivity index (χ3v) is 3.81. The lowest BCUT2D eigenvalue weighted by Gasteiger charge is -2.20. The maximum atomic E-state index is 12.1. The number of ketones is 1. The second-order valence-electron chi connectivity index (χ2n) is 4.87. The topological polar surface area (TPSA) is 43.1 Å². The molecule has 17 heavy (non-hydrogen) atoms. The van der Waals surface area contributed by atoms with Crippen molar-refractivity contribution < 1.29 is 4.79 Å². The SMILES string of the molecule is Nc1ccc(C(=O)CC2CCCCC2)c(Cl)c1. The van der Waals surface area contributed by atoms with Gasteiger partial charge in [-0.05, 0) is 24.1 Å². The van der Waals surface area contributed by atoms with Crippen molar-refractivity contribution in [3.8, 4) is 0 Å². The molecule has 1 aromatic carbocycles. The van der Waals surface area contributed by atoms with Crippen LogP contribution in [-0.2, 0) is 0 Å². The molecule has 1 fully saturated rings. The molecule has 0 spiro atoms. The number of anilines is 1. The number of nitrogens with two attached hydrogens (primary N) is 1. The van der Waals surface area contributed by atoms with Crippen molar-refractivity contribution in [2.75, 3.05) is 5.73 Å². The van der Waals surface area contributed by atoms with Crippen molar-refractivity contribution in [1.29, 1.82) is 0 Å². The summed E-state index contributed by atoms with van der Waals surface area (Å²) in [6.45, 7) is 0. The molecular formula is C14H18ClNO. The van der Waals surface area contributed by atoms with Crippen LogP contribution in [0.2, 0.25) is 5.02 Å². The third kappa shape index (κ3) is 3.22. The molecule has 1 aliphatic rings. The Labute approximate surface area is 107 Å². The number of carbonyl (C=O) groups is 1. The first kappa shape index (κ1) is 12.4. The Balaban J connectivity index is 2.03. The van der Waals surface area contributed by atoms with Crippen molar-refractivity contribution >= 4 is 23.1 Å². The average Bonchev–Trinajstić information content (AvgIpc) is 2.30. The fourth-order valence-corrected chi connectivity index (χ4v) is 2.82. The molecule has 0 aliphatic heterocycles. The van der Waals surface area contributed by atoms with E-state index >= 15 is 0 Å². The maximum Gasteiger partial charge on any atom is 0.164 e. The first-order valence-corrected chi connectivity index (χ1v) is 6.63. The second kappa shape index (κ2) is 5.54. The Morgan fingerprint density at radius 1 is 1.29 bits per heavy atom. The number of benzene rings is 1. The Morgan fingerprint density at radius 3 is 2.65 bits per heavy atom. The van der Waals surface area contributed by atoms with E-state index in [-0.39, 0.29) is 5.78 Å². The molecule has 0 aromatic heterocycles. The summed E-state index contributed by atoms with van der Waals surface area (Å²) in [5.74, 6) is 0.701. The van der Waals surface area contributed by atoms with E-state index in [1.165, 1.54) is 32.1 Å². The smallest absolute Gasteiger partial charge is 0.164 e. The van der Waals surface area contributed by atoms with Crippen LogP contribution in [0.3, 0.4) is 0 Å². The molecule has 1 saturated carbocycles. The van der Waals surface area contributed by atoms with Gasteiger partial charge in [0.05, 0.1) is 5.02 Å².